The fourth-order valence-corrected chi connectivity index (χ4v) is 4.68. The third-order valence-corrected chi connectivity index (χ3v) is 5.71. The Morgan fingerprint density at radius 1 is 0.963 bits per heavy atom. The first-order valence-corrected chi connectivity index (χ1v) is 10.6. The van der Waals surface area contributed by atoms with Gasteiger partial charge in [-0.15, -0.1) is 0 Å². The second-order valence-corrected chi connectivity index (χ2v) is 8.76. The van der Waals surface area contributed by atoms with Gasteiger partial charge in [-0.1, -0.05) is 29.8 Å². The highest BCUT2D eigenvalue weighted by Gasteiger charge is 2.09. The lowest BCUT2D eigenvalue weighted by molar-refractivity contribution is 0.470. The van der Waals surface area contributed by atoms with Crippen LogP contribution in [0, 0.1) is 7.14 Å². The molecule has 1 N–H and O–H groups in total. The van der Waals surface area contributed by atoms with Crippen molar-refractivity contribution in [3.05, 3.63) is 77.9 Å². The Kier molecular flexibility index (Phi) is 5.43. The maximum Gasteiger partial charge on any atom is 0.227 e. The Morgan fingerprint density at radius 2 is 1.74 bits per heavy atom. The third-order valence-electron chi connectivity index (χ3n) is 4.02. The number of rotatable bonds is 3. The van der Waals surface area contributed by atoms with E-state index in [2.05, 4.69) is 50.2 Å². The molecule has 0 aliphatic heterocycles. The van der Waals surface area contributed by atoms with Crippen molar-refractivity contribution in [1.29, 1.82) is 0 Å². The Labute approximate surface area is 188 Å². The number of nitrogens with zero attached hydrogens (tertiary/aromatic N) is 1. The number of phenolic OH excluding ortho intramolecular Hbond substituents is 1. The number of hydrogen-bond acceptors (Lipinski definition) is 3. The quantitative estimate of drug-likeness (QED) is 0.200. The molecular weight excluding hydrogens is 587 g/mol. The minimum absolute atomic E-state index is 0.291. The van der Waals surface area contributed by atoms with E-state index in [-0.39, 0.29) is 0 Å². The highest BCUT2D eigenvalue weighted by molar-refractivity contribution is 14.1. The summed E-state index contributed by atoms with van der Waals surface area (Å²) in [6.45, 7) is 0. The van der Waals surface area contributed by atoms with Crippen molar-refractivity contribution in [3.8, 4) is 17.2 Å². The zero-order chi connectivity index (χ0) is 19.0. The summed E-state index contributed by atoms with van der Waals surface area (Å²) in [5.74, 6) is 0.854. The Bertz CT molecular complexity index is 1170. The SMILES string of the molecule is Oc1c(I)cc(I)cc1C=Cc1ccc2oc(-c3ccc(Cl)cc3)nc2c1. The minimum atomic E-state index is 0.291. The molecule has 0 atom stereocenters. The van der Waals surface area contributed by atoms with Gasteiger partial charge in [-0.2, -0.15) is 0 Å². The van der Waals surface area contributed by atoms with Crippen LogP contribution in [0.3, 0.4) is 0 Å². The van der Waals surface area contributed by atoms with Gasteiger partial charge in [-0.05, 0) is 99.3 Å². The Hall–Kier alpha value is -1.58. The molecule has 0 aliphatic rings. The topological polar surface area (TPSA) is 46.3 Å². The number of fused-ring (bicyclic) bond motifs is 1. The summed E-state index contributed by atoms with van der Waals surface area (Å²) in [5.41, 5.74) is 4.15. The number of aromatic nitrogens is 1. The number of benzene rings is 3. The van der Waals surface area contributed by atoms with E-state index in [4.69, 9.17) is 16.0 Å². The normalized spacial score (nSPS) is 11.5. The van der Waals surface area contributed by atoms with Crippen molar-refractivity contribution >= 4 is 80.0 Å². The maximum absolute atomic E-state index is 10.2. The highest BCUT2D eigenvalue weighted by Crippen LogP contribution is 2.29. The smallest absolute Gasteiger partial charge is 0.227 e. The summed E-state index contributed by atoms with van der Waals surface area (Å²) in [5, 5.41) is 10.9. The van der Waals surface area contributed by atoms with Crippen LogP contribution >= 0.6 is 56.8 Å². The number of phenols is 1. The zero-order valence-corrected chi connectivity index (χ0v) is 18.9. The molecule has 27 heavy (non-hydrogen) atoms. The summed E-state index contributed by atoms with van der Waals surface area (Å²) in [6.07, 6.45) is 3.86. The fourth-order valence-electron chi connectivity index (χ4n) is 2.66. The Morgan fingerprint density at radius 3 is 2.52 bits per heavy atom. The molecule has 3 nitrogen and oxygen atoms in total. The molecule has 1 heterocycles. The number of hydrogen-bond donors (Lipinski definition) is 1. The molecule has 6 heteroatoms. The van der Waals surface area contributed by atoms with Crippen LogP contribution < -0.4 is 0 Å². The predicted octanol–water partition coefficient (Wildman–Crippen LogP) is 7.23. The summed E-state index contributed by atoms with van der Waals surface area (Å²) in [6, 6.07) is 17.1. The second kappa shape index (κ2) is 7.81. The number of halogens is 3. The van der Waals surface area contributed by atoms with Crippen molar-refractivity contribution in [2.45, 2.75) is 0 Å². The molecule has 0 bridgehead atoms. The van der Waals surface area contributed by atoms with Gasteiger partial charge in [0, 0.05) is 19.7 Å². The van der Waals surface area contributed by atoms with Gasteiger partial charge in [-0.25, -0.2) is 4.98 Å². The van der Waals surface area contributed by atoms with Crippen LogP contribution in [0.25, 0.3) is 34.7 Å². The van der Waals surface area contributed by atoms with Gasteiger partial charge < -0.3 is 9.52 Å². The first-order chi connectivity index (χ1) is 13.0. The van der Waals surface area contributed by atoms with Crippen LogP contribution in [-0.4, -0.2) is 10.1 Å². The molecule has 134 valence electrons. The second-order valence-electron chi connectivity index (χ2n) is 5.91. The summed E-state index contributed by atoms with van der Waals surface area (Å²) >= 11 is 10.3. The van der Waals surface area contributed by atoms with Crippen molar-refractivity contribution in [2.75, 3.05) is 0 Å². The summed E-state index contributed by atoms with van der Waals surface area (Å²) in [7, 11) is 0. The zero-order valence-electron chi connectivity index (χ0n) is 13.8. The van der Waals surface area contributed by atoms with Gasteiger partial charge >= 0.3 is 0 Å². The molecule has 0 saturated heterocycles. The standard InChI is InChI=1S/C21H12ClI2NO2/c22-15-6-4-13(5-7-15)21-25-18-9-12(2-8-19(18)27-21)1-3-14-10-16(23)11-17(24)20(14)26/h1-11,26H. The van der Waals surface area contributed by atoms with E-state index >= 15 is 0 Å². The average molecular weight is 600 g/mol. The van der Waals surface area contributed by atoms with Crippen molar-refractivity contribution < 1.29 is 9.52 Å². The van der Waals surface area contributed by atoms with Crippen LogP contribution in [0.2, 0.25) is 5.02 Å². The predicted molar refractivity (Wildman–Crippen MR) is 127 cm³/mol. The summed E-state index contributed by atoms with van der Waals surface area (Å²) < 4.78 is 7.75. The molecular formula is C21H12ClI2NO2. The molecule has 0 amide bonds. The minimum Gasteiger partial charge on any atom is -0.506 e. The maximum atomic E-state index is 10.2. The van der Waals surface area contributed by atoms with Crippen LogP contribution in [0.1, 0.15) is 11.1 Å². The van der Waals surface area contributed by atoms with E-state index in [1.54, 1.807) is 0 Å². The third kappa shape index (κ3) is 4.14. The molecule has 0 saturated carbocycles. The molecule has 4 aromatic rings. The van der Waals surface area contributed by atoms with Gasteiger partial charge in [0.25, 0.3) is 0 Å². The summed E-state index contributed by atoms with van der Waals surface area (Å²) in [4.78, 5) is 4.58. The Balaban J connectivity index is 1.67. The molecule has 0 spiro atoms. The molecule has 0 fully saturated rings. The monoisotopic (exact) mass is 599 g/mol. The van der Waals surface area contributed by atoms with Crippen LogP contribution in [0.5, 0.6) is 5.75 Å². The van der Waals surface area contributed by atoms with Crippen LogP contribution in [-0.2, 0) is 0 Å². The van der Waals surface area contributed by atoms with Crippen molar-refractivity contribution in [2.24, 2.45) is 0 Å². The van der Waals surface area contributed by atoms with Gasteiger partial charge in [-0.3, -0.25) is 0 Å². The number of oxazole rings is 1. The lowest BCUT2D eigenvalue weighted by Gasteiger charge is -2.03. The van der Waals surface area contributed by atoms with Gasteiger partial charge in [0.05, 0.1) is 3.57 Å². The van der Waals surface area contributed by atoms with Gasteiger partial charge in [0.2, 0.25) is 5.89 Å². The molecule has 0 unspecified atom stereocenters. The highest BCUT2D eigenvalue weighted by atomic mass is 127. The van der Waals surface area contributed by atoms with E-state index in [1.807, 2.05) is 66.7 Å². The van der Waals surface area contributed by atoms with Crippen molar-refractivity contribution in [1.82, 2.24) is 4.98 Å². The molecule has 3 aromatic carbocycles. The largest absolute Gasteiger partial charge is 0.506 e. The van der Waals surface area contributed by atoms with Crippen molar-refractivity contribution in [3.63, 3.8) is 0 Å². The van der Waals surface area contributed by atoms with E-state index < -0.39 is 0 Å². The lowest BCUT2D eigenvalue weighted by Crippen LogP contribution is -1.83. The van der Waals surface area contributed by atoms with Crippen LogP contribution in [0.4, 0.5) is 0 Å². The molecule has 0 aliphatic carbocycles. The van der Waals surface area contributed by atoms with E-state index in [1.165, 1.54) is 0 Å². The number of aromatic hydroxyl groups is 1. The van der Waals surface area contributed by atoms with E-state index in [0.717, 1.165) is 34.9 Å². The first kappa shape index (κ1) is 18.8. The lowest BCUT2D eigenvalue weighted by atomic mass is 10.1. The first-order valence-electron chi connectivity index (χ1n) is 8.02. The van der Waals surface area contributed by atoms with E-state index in [0.29, 0.717) is 16.7 Å². The molecule has 1 aromatic heterocycles. The molecule has 0 radical (unpaired) electrons. The average Bonchev–Trinajstić information content (AvgIpc) is 3.07. The van der Waals surface area contributed by atoms with Gasteiger partial charge in [0.15, 0.2) is 5.58 Å². The molecule has 4 rings (SSSR count). The van der Waals surface area contributed by atoms with Crippen LogP contribution in [0.15, 0.2) is 59.0 Å². The fraction of sp³-hybridized carbons (Fsp3) is 0. The van der Waals surface area contributed by atoms with E-state index in [9.17, 15) is 5.11 Å². The van der Waals surface area contributed by atoms with Gasteiger partial charge in [0.1, 0.15) is 11.3 Å².